The number of methoxy groups -OCH3 is 1. The Morgan fingerprint density at radius 3 is 2.22 bits per heavy atom. The average molecular weight is 521 g/mol. The van der Waals surface area contributed by atoms with Gasteiger partial charge in [-0.05, 0) is 53.6 Å². The van der Waals surface area contributed by atoms with Crippen LogP contribution in [0, 0.1) is 0 Å². The lowest BCUT2D eigenvalue weighted by molar-refractivity contribution is -0.136. The molecule has 4 rings (SSSR count). The van der Waals surface area contributed by atoms with E-state index in [0.717, 1.165) is 5.69 Å². The van der Waals surface area contributed by atoms with Crippen LogP contribution in [-0.4, -0.2) is 49.1 Å². The van der Waals surface area contributed by atoms with Gasteiger partial charge in [0, 0.05) is 31.0 Å². The second kappa shape index (κ2) is 10.4. The number of aliphatic carboxylic acids is 1. The number of carboxylic acids is 1. The lowest BCUT2D eigenvalue weighted by Gasteiger charge is -2.26. The minimum Gasteiger partial charge on any atom is -0.507 e. The standard InChI is InChI=1S/C28H25ClN2O6/c1-30(2)19-11-6-17(7-12-19)25-24(26(34)18-8-13-21(29)22(15-18)37-3)27(35)28(36)31(25)20-9-4-16(5-10-20)14-23(32)33/h4-13,15,25,34H,14H2,1-3H3,(H,32,33)/b26-24-. The summed E-state index contributed by atoms with van der Waals surface area (Å²) in [4.78, 5) is 41.0. The van der Waals surface area contributed by atoms with Crippen LogP contribution in [-0.2, 0) is 20.8 Å². The van der Waals surface area contributed by atoms with Crippen molar-refractivity contribution in [1.82, 2.24) is 0 Å². The van der Waals surface area contributed by atoms with E-state index < -0.39 is 23.7 Å². The first-order valence-electron chi connectivity index (χ1n) is 11.3. The summed E-state index contributed by atoms with van der Waals surface area (Å²) in [6, 6.07) is 17.3. The molecule has 9 heteroatoms. The molecule has 0 radical (unpaired) electrons. The van der Waals surface area contributed by atoms with Gasteiger partial charge < -0.3 is 19.8 Å². The predicted molar refractivity (Wildman–Crippen MR) is 141 cm³/mol. The summed E-state index contributed by atoms with van der Waals surface area (Å²) in [6.07, 6.45) is -0.174. The van der Waals surface area contributed by atoms with E-state index in [1.165, 1.54) is 24.1 Å². The molecule has 1 aliphatic rings. The van der Waals surface area contributed by atoms with Gasteiger partial charge in [-0.2, -0.15) is 0 Å². The van der Waals surface area contributed by atoms with Gasteiger partial charge in [-0.25, -0.2) is 0 Å². The summed E-state index contributed by atoms with van der Waals surface area (Å²) >= 11 is 6.13. The second-order valence-corrected chi connectivity index (χ2v) is 9.15. The highest BCUT2D eigenvalue weighted by Crippen LogP contribution is 2.43. The van der Waals surface area contributed by atoms with Gasteiger partial charge in [0.15, 0.2) is 0 Å². The quantitative estimate of drug-likeness (QED) is 0.265. The molecule has 1 fully saturated rings. The Morgan fingerprint density at radius 1 is 1.00 bits per heavy atom. The van der Waals surface area contributed by atoms with E-state index in [1.54, 1.807) is 42.5 Å². The molecule has 3 aromatic rings. The molecular formula is C28H25ClN2O6. The second-order valence-electron chi connectivity index (χ2n) is 8.74. The topological polar surface area (TPSA) is 107 Å². The molecule has 3 aromatic carbocycles. The number of benzene rings is 3. The third-order valence-electron chi connectivity index (χ3n) is 6.16. The van der Waals surface area contributed by atoms with Crippen LogP contribution in [0.5, 0.6) is 5.75 Å². The highest BCUT2D eigenvalue weighted by Gasteiger charge is 2.47. The molecule has 190 valence electrons. The Labute approximate surface area is 219 Å². The molecule has 0 spiro atoms. The van der Waals surface area contributed by atoms with Gasteiger partial charge in [0.2, 0.25) is 0 Å². The molecule has 37 heavy (non-hydrogen) atoms. The summed E-state index contributed by atoms with van der Waals surface area (Å²) in [6.45, 7) is 0. The number of hydrogen-bond acceptors (Lipinski definition) is 6. The third kappa shape index (κ3) is 5.01. The lowest BCUT2D eigenvalue weighted by Crippen LogP contribution is -2.29. The summed E-state index contributed by atoms with van der Waals surface area (Å²) < 4.78 is 5.25. The Balaban J connectivity index is 1.89. The first kappa shape index (κ1) is 25.8. The minimum absolute atomic E-state index is 0.0819. The van der Waals surface area contributed by atoms with Crippen LogP contribution in [0.25, 0.3) is 5.76 Å². The molecule has 0 aromatic heterocycles. The van der Waals surface area contributed by atoms with E-state index >= 15 is 0 Å². The van der Waals surface area contributed by atoms with E-state index in [0.29, 0.717) is 27.6 Å². The van der Waals surface area contributed by atoms with Gasteiger partial charge in [-0.1, -0.05) is 35.9 Å². The third-order valence-corrected chi connectivity index (χ3v) is 6.48. The van der Waals surface area contributed by atoms with Gasteiger partial charge >= 0.3 is 5.97 Å². The van der Waals surface area contributed by atoms with Crippen molar-refractivity contribution in [3.05, 3.63) is 94.0 Å². The summed E-state index contributed by atoms with van der Waals surface area (Å²) in [5.41, 5.74) is 2.66. The number of ether oxygens (including phenoxy) is 1. The molecule has 1 unspecified atom stereocenters. The fraction of sp³-hybridized carbons (Fsp3) is 0.179. The maximum atomic E-state index is 13.3. The van der Waals surface area contributed by atoms with Gasteiger partial charge in [0.05, 0.1) is 30.2 Å². The Morgan fingerprint density at radius 2 is 1.65 bits per heavy atom. The number of anilines is 2. The molecule has 1 aliphatic heterocycles. The largest absolute Gasteiger partial charge is 0.507 e. The number of carbonyl (C=O) groups is 3. The van der Waals surface area contributed by atoms with Crippen molar-refractivity contribution < 1.29 is 29.3 Å². The van der Waals surface area contributed by atoms with Crippen LogP contribution in [0.15, 0.2) is 72.3 Å². The van der Waals surface area contributed by atoms with Crippen molar-refractivity contribution >= 4 is 46.4 Å². The number of rotatable bonds is 7. The van der Waals surface area contributed by atoms with Crippen molar-refractivity contribution in [2.45, 2.75) is 12.5 Å². The van der Waals surface area contributed by atoms with E-state index in [4.69, 9.17) is 21.4 Å². The number of halogens is 1. The van der Waals surface area contributed by atoms with Gasteiger partial charge in [-0.15, -0.1) is 0 Å². The fourth-order valence-electron chi connectivity index (χ4n) is 4.28. The number of aliphatic hydroxyl groups is 1. The van der Waals surface area contributed by atoms with Crippen LogP contribution in [0.3, 0.4) is 0 Å². The summed E-state index contributed by atoms with van der Waals surface area (Å²) in [5, 5.41) is 20.7. The van der Waals surface area contributed by atoms with Crippen LogP contribution < -0.4 is 14.5 Å². The molecule has 0 bridgehead atoms. The fourth-order valence-corrected chi connectivity index (χ4v) is 4.48. The number of aliphatic hydroxyl groups excluding tert-OH is 1. The van der Waals surface area contributed by atoms with Crippen LogP contribution >= 0.6 is 11.6 Å². The van der Waals surface area contributed by atoms with Crippen LogP contribution in [0.4, 0.5) is 11.4 Å². The van der Waals surface area contributed by atoms with Crippen LogP contribution in [0.2, 0.25) is 5.02 Å². The maximum Gasteiger partial charge on any atom is 0.307 e. The number of Topliss-reactive ketones (excluding diaryl/α,β-unsaturated/α-hetero) is 1. The summed E-state index contributed by atoms with van der Waals surface area (Å²) in [7, 11) is 5.23. The van der Waals surface area contributed by atoms with E-state index in [2.05, 4.69) is 0 Å². The number of hydrogen-bond donors (Lipinski definition) is 2. The SMILES string of the molecule is COc1cc(/C(O)=C2/C(=O)C(=O)N(c3ccc(CC(=O)O)cc3)C2c2ccc(N(C)C)cc2)ccc1Cl. The zero-order valence-corrected chi connectivity index (χ0v) is 21.2. The highest BCUT2D eigenvalue weighted by atomic mass is 35.5. The zero-order chi connectivity index (χ0) is 26.9. The van der Waals surface area contributed by atoms with Gasteiger partial charge in [-0.3, -0.25) is 19.3 Å². The first-order chi connectivity index (χ1) is 17.6. The monoisotopic (exact) mass is 520 g/mol. The summed E-state index contributed by atoms with van der Waals surface area (Å²) in [5.74, 6) is -2.69. The molecule has 1 heterocycles. The molecule has 0 saturated carbocycles. The van der Waals surface area contributed by atoms with Gasteiger partial charge in [0.1, 0.15) is 11.5 Å². The first-order valence-corrected chi connectivity index (χ1v) is 11.7. The van der Waals surface area contributed by atoms with E-state index in [1.807, 2.05) is 31.1 Å². The molecule has 8 nitrogen and oxygen atoms in total. The Bertz CT molecular complexity index is 1400. The minimum atomic E-state index is -0.979. The molecular weight excluding hydrogens is 496 g/mol. The molecule has 1 saturated heterocycles. The van der Waals surface area contributed by atoms with Crippen molar-refractivity contribution in [3.8, 4) is 5.75 Å². The van der Waals surface area contributed by atoms with E-state index in [-0.39, 0.29) is 23.3 Å². The smallest absolute Gasteiger partial charge is 0.307 e. The van der Waals surface area contributed by atoms with E-state index in [9.17, 15) is 19.5 Å². The average Bonchev–Trinajstić information content (AvgIpc) is 3.14. The number of amides is 1. The Hall–Kier alpha value is -4.30. The van der Waals surface area contributed by atoms with Crippen molar-refractivity contribution in [3.63, 3.8) is 0 Å². The zero-order valence-electron chi connectivity index (χ0n) is 20.4. The number of ketones is 1. The molecule has 2 N–H and O–H groups in total. The number of carbonyl (C=O) groups excluding carboxylic acids is 2. The normalized spacial score (nSPS) is 16.6. The van der Waals surface area contributed by atoms with Crippen molar-refractivity contribution in [1.29, 1.82) is 0 Å². The predicted octanol–water partition coefficient (Wildman–Crippen LogP) is 4.67. The maximum absolute atomic E-state index is 13.3. The lowest BCUT2D eigenvalue weighted by atomic mass is 9.94. The van der Waals surface area contributed by atoms with Crippen molar-refractivity contribution in [2.24, 2.45) is 0 Å². The molecule has 1 atom stereocenters. The van der Waals surface area contributed by atoms with Crippen molar-refractivity contribution in [2.75, 3.05) is 31.0 Å². The van der Waals surface area contributed by atoms with Crippen LogP contribution in [0.1, 0.15) is 22.7 Å². The highest BCUT2D eigenvalue weighted by molar-refractivity contribution is 6.51. The molecule has 0 aliphatic carbocycles. The molecule has 1 amide bonds. The number of carboxylic acid groups (broad SMARTS) is 1. The Kier molecular flexibility index (Phi) is 7.22. The van der Waals surface area contributed by atoms with Gasteiger partial charge in [0.25, 0.3) is 11.7 Å². The number of nitrogens with zero attached hydrogens (tertiary/aromatic N) is 2.